The van der Waals surface area contributed by atoms with E-state index in [-0.39, 0.29) is 5.97 Å². The number of unbranched alkanes of at least 4 members (excludes halogenated alkanes) is 8. The minimum atomic E-state index is -0.558. The van der Waals surface area contributed by atoms with Crippen LogP contribution in [-0.2, 0) is 9.53 Å². The maximum Gasteiger partial charge on any atom is 0.302 e. The van der Waals surface area contributed by atoms with Gasteiger partial charge in [-0.2, -0.15) is 0 Å². The van der Waals surface area contributed by atoms with Crippen molar-refractivity contribution >= 4 is 5.97 Å². The van der Waals surface area contributed by atoms with Gasteiger partial charge in [0.05, 0.1) is 12.2 Å². The lowest BCUT2D eigenvalue weighted by atomic mass is 9.88. The smallest absolute Gasteiger partial charge is 0.302 e. The van der Waals surface area contributed by atoms with Gasteiger partial charge in [-0.25, -0.2) is 0 Å². The van der Waals surface area contributed by atoms with Crippen LogP contribution < -0.4 is 0 Å². The fraction of sp³-hybridized carbons (Fsp3) is 0.808. The van der Waals surface area contributed by atoms with Crippen molar-refractivity contribution in [3.8, 4) is 0 Å². The Balaban J connectivity index is 2.12. The molecule has 3 atom stereocenters. The molecule has 0 radical (unpaired) electrons. The minimum Gasteiger partial charge on any atom is -0.466 e. The molecule has 0 aliphatic heterocycles. The molecule has 1 unspecified atom stereocenters. The van der Waals surface area contributed by atoms with Crippen molar-refractivity contribution in [3.05, 3.63) is 24.3 Å². The van der Waals surface area contributed by atoms with Gasteiger partial charge >= 0.3 is 5.97 Å². The lowest BCUT2D eigenvalue weighted by Gasteiger charge is -2.22. The summed E-state index contributed by atoms with van der Waals surface area (Å²) >= 11 is 0. The molecule has 3 heteroatoms. The first-order chi connectivity index (χ1) is 13.9. The molecule has 0 saturated heterocycles. The molecule has 0 heterocycles. The van der Waals surface area contributed by atoms with Crippen molar-refractivity contribution in [3.63, 3.8) is 0 Å². The van der Waals surface area contributed by atoms with Gasteiger partial charge in [-0.05, 0) is 50.9 Å². The van der Waals surface area contributed by atoms with Gasteiger partial charge in [0, 0.05) is 6.92 Å². The average Bonchev–Trinajstić information content (AvgIpc) is 3.11. The Bertz CT molecular complexity index is 478. The summed E-state index contributed by atoms with van der Waals surface area (Å²) in [5.74, 6) is 1.12. The molecule has 29 heavy (non-hydrogen) atoms. The van der Waals surface area contributed by atoms with Crippen LogP contribution in [-0.4, -0.2) is 23.3 Å². The molecule has 0 amide bonds. The molecule has 0 bridgehead atoms. The molecular formula is C26H46O3. The number of carbonyl (C=O) groups excluding carboxylic acids is 1. The highest BCUT2D eigenvalue weighted by atomic mass is 16.5. The van der Waals surface area contributed by atoms with E-state index in [4.69, 9.17) is 4.74 Å². The SMILES string of the molecule is CCCCCCC(C)(O)C/C=C/[C@H]1C=CC[C@@H]1CCCCCCCCOC(C)=O. The molecule has 3 nitrogen and oxygen atoms in total. The second kappa shape index (κ2) is 15.7. The maximum absolute atomic E-state index is 10.7. The van der Waals surface area contributed by atoms with Crippen molar-refractivity contribution in [1.82, 2.24) is 0 Å². The fourth-order valence-corrected chi connectivity index (χ4v) is 4.20. The second-order valence-corrected chi connectivity index (χ2v) is 9.19. The van der Waals surface area contributed by atoms with Crippen LogP contribution in [0, 0.1) is 11.8 Å². The van der Waals surface area contributed by atoms with E-state index in [1.807, 2.05) is 6.92 Å². The Morgan fingerprint density at radius 3 is 2.52 bits per heavy atom. The Labute approximate surface area is 180 Å². The molecule has 0 spiro atoms. The van der Waals surface area contributed by atoms with E-state index in [0.717, 1.165) is 38.0 Å². The molecule has 0 saturated carbocycles. The summed E-state index contributed by atoms with van der Waals surface area (Å²) in [6.07, 6.45) is 25.5. The highest BCUT2D eigenvalue weighted by molar-refractivity contribution is 5.65. The Hall–Kier alpha value is -1.09. The molecule has 0 aromatic heterocycles. The molecular weight excluding hydrogens is 360 g/mol. The van der Waals surface area contributed by atoms with Gasteiger partial charge < -0.3 is 9.84 Å². The minimum absolute atomic E-state index is 0.172. The predicted octanol–water partition coefficient (Wildman–Crippen LogP) is 7.14. The van der Waals surface area contributed by atoms with Crippen LogP contribution in [0.2, 0.25) is 0 Å². The van der Waals surface area contributed by atoms with Gasteiger partial charge in [0.25, 0.3) is 0 Å². The number of rotatable bonds is 17. The summed E-state index contributed by atoms with van der Waals surface area (Å²) in [5, 5.41) is 10.6. The Morgan fingerprint density at radius 2 is 1.79 bits per heavy atom. The first-order valence-corrected chi connectivity index (χ1v) is 12.1. The number of allylic oxidation sites excluding steroid dienone is 3. The lowest BCUT2D eigenvalue weighted by molar-refractivity contribution is -0.141. The normalized spacial score (nSPS) is 21.0. The zero-order valence-electron chi connectivity index (χ0n) is 19.3. The van der Waals surface area contributed by atoms with Crippen LogP contribution >= 0.6 is 0 Å². The summed E-state index contributed by atoms with van der Waals surface area (Å²) in [6.45, 7) is 6.25. The van der Waals surface area contributed by atoms with Crippen molar-refractivity contribution in [2.24, 2.45) is 11.8 Å². The van der Waals surface area contributed by atoms with Crippen molar-refractivity contribution < 1.29 is 14.6 Å². The zero-order valence-corrected chi connectivity index (χ0v) is 19.3. The van der Waals surface area contributed by atoms with E-state index < -0.39 is 5.60 Å². The molecule has 1 N–H and O–H groups in total. The summed E-state index contributed by atoms with van der Waals surface area (Å²) in [7, 11) is 0. The first kappa shape index (κ1) is 25.9. The Morgan fingerprint density at radius 1 is 1.10 bits per heavy atom. The number of hydrogen-bond acceptors (Lipinski definition) is 3. The largest absolute Gasteiger partial charge is 0.466 e. The molecule has 1 rings (SSSR count). The topological polar surface area (TPSA) is 46.5 Å². The number of aliphatic hydroxyl groups is 1. The molecule has 0 aromatic carbocycles. The summed E-state index contributed by atoms with van der Waals surface area (Å²) < 4.78 is 4.96. The van der Waals surface area contributed by atoms with Crippen LogP contribution in [0.25, 0.3) is 0 Å². The standard InChI is InChI=1S/C26H46O3/c1-4-5-6-12-20-26(3,28)21-15-19-25-18-14-17-24(25)16-11-9-7-8-10-13-22-29-23(2)27/h14-15,18-19,24-25,28H,4-13,16-17,20-22H2,1-3H3/b19-15+/t24-,25+,26?/m0/s1. The summed E-state index contributed by atoms with van der Waals surface area (Å²) in [5.41, 5.74) is -0.558. The summed E-state index contributed by atoms with van der Waals surface area (Å²) in [4.78, 5) is 10.7. The van der Waals surface area contributed by atoms with Gasteiger partial charge in [-0.3, -0.25) is 4.79 Å². The number of ether oxygens (including phenoxy) is 1. The molecule has 0 fully saturated rings. The molecule has 0 aromatic rings. The molecule has 168 valence electrons. The van der Waals surface area contributed by atoms with E-state index in [1.165, 1.54) is 64.7 Å². The maximum atomic E-state index is 10.7. The Kier molecular flexibility index (Phi) is 14.1. The lowest BCUT2D eigenvalue weighted by Crippen LogP contribution is -2.22. The van der Waals surface area contributed by atoms with E-state index >= 15 is 0 Å². The number of hydrogen-bond donors (Lipinski definition) is 1. The van der Waals surface area contributed by atoms with Gasteiger partial charge in [0.15, 0.2) is 0 Å². The van der Waals surface area contributed by atoms with Crippen molar-refractivity contribution in [1.29, 1.82) is 0 Å². The number of esters is 1. The fourth-order valence-electron chi connectivity index (χ4n) is 4.20. The van der Waals surface area contributed by atoms with Crippen molar-refractivity contribution in [2.75, 3.05) is 6.61 Å². The van der Waals surface area contributed by atoms with Gasteiger partial charge in [0.1, 0.15) is 0 Å². The molecule has 1 aliphatic carbocycles. The van der Waals surface area contributed by atoms with Crippen LogP contribution in [0.3, 0.4) is 0 Å². The third kappa shape index (κ3) is 13.7. The van der Waals surface area contributed by atoms with Crippen LogP contribution in [0.1, 0.15) is 111 Å². The van der Waals surface area contributed by atoms with Gasteiger partial charge in [-0.15, -0.1) is 0 Å². The predicted molar refractivity (Wildman–Crippen MR) is 123 cm³/mol. The number of carbonyl (C=O) groups is 1. The third-order valence-electron chi connectivity index (χ3n) is 6.10. The molecule has 1 aliphatic rings. The average molecular weight is 407 g/mol. The van der Waals surface area contributed by atoms with Crippen LogP contribution in [0.15, 0.2) is 24.3 Å². The monoisotopic (exact) mass is 406 g/mol. The van der Waals surface area contributed by atoms with Crippen molar-refractivity contribution in [2.45, 2.75) is 116 Å². The zero-order chi connectivity index (χ0) is 21.4. The van der Waals surface area contributed by atoms with E-state index in [2.05, 4.69) is 31.2 Å². The van der Waals surface area contributed by atoms with Crippen LogP contribution in [0.4, 0.5) is 0 Å². The van der Waals surface area contributed by atoms with E-state index in [1.54, 1.807) is 0 Å². The third-order valence-corrected chi connectivity index (χ3v) is 6.10. The van der Waals surface area contributed by atoms with Gasteiger partial charge in [-0.1, -0.05) is 89.0 Å². The summed E-state index contributed by atoms with van der Waals surface area (Å²) in [6, 6.07) is 0. The highest BCUT2D eigenvalue weighted by Gasteiger charge is 2.21. The highest BCUT2D eigenvalue weighted by Crippen LogP contribution is 2.31. The van der Waals surface area contributed by atoms with Crippen LogP contribution in [0.5, 0.6) is 0 Å². The van der Waals surface area contributed by atoms with E-state index in [9.17, 15) is 9.90 Å². The first-order valence-electron chi connectivity index (χ1n) is 12.1. The quantitative estimate of drug-likeness (QED) is 0.159. The second-order valence-electron chi connectivity index (χ2n) is 9.19. The van der Waals surface area contributed by atoms with E-state index in [0.29, 0.717) is 12.5 Å². The van der Waals surface area contributed by atoms with Gasteiger partial charge in [0.2, 0.25) is 0 Å².